The number of nitrogens with zero attached hydrogens (tertiary/aromatic N) is 1. The van der Waals surface area contributed by atoms with Crippen LogP contribution in [-0.2, 0) is 4.74 Å². The molecule has 0 bridgehead atoms. The Kier molecular flexibility index (Phi) is 6.51. The van der Waals surface area contributed by atoms with Crippen molar-refractivity contribution in [1.29, 1.82) is 0 Å². The fraction of sp³-hybridized carbons (Fsp3) is 0.941. The van der Waals surface area contributed by atoms with Gasteiger partial charge in [0.25, 0.3) is 0 Å². The lowest BCUT2D eigenvalue weighted by Crippen LogP contribution is -2.47. The second kappa shape index (κ2) is 7.48. The van der Waals surface area contributed by atoms with Crippen molar-refractivity contribution in [2.24, 2.45) is 5.92 Å². The van der Waals surface area contributed by atoms with Gasteiger partial charge in [0.15, 0.2) is 0 Å². The van der Waals surface area contributed by atoms with Gasteiger partial charge in [0, 0.05) is 25.2 Å². The van der Waals surface area contributed by atoms with Gasteiger partial charge in [-0.2, -0.15) is 0 Å². The maximum Gasteiger partial charge on any atom is 0.410 e. The smallest absolute Gasteiger partial charge is 0.410 e. The average molecular weight is 298 g/mol. The molecule has 0 aliphatic heterocycles. The third-order valence-electron chi connectivity index (χ3n) is 4.42. The zero-order chi connectivity index (χ0) is 16.2. The summed E-state index contributed by atoms with van der Waals surface area (Å²) >= 11 is 0. The molecule has 4 heteroatoms. The first-order valence-electron chi connectivity index (χ1n) is 8.32. The number of nitrogens with one attached hydrogen (secondary N) is 1. The van der Waals surface area contributed by atoms with Gasteiger partial charge in [-0.25, -0.2) is 4.79 Å². The van der Waals surface area contributed by atoms with E-state index < -0.39 is 5.60 Å². The minimum Gasteiger partial charge on any atom is -0.444 e. The highest BCUT2D eigenvalue weighted by atomic mass is 16.6. The normalized spacial score (nSPS) is 24.8. The van der Waals surface area contributed by atoms with Crippen LogP contribution in [0.5, 0.6) is 0 Å². The zero-order valence-electron chi connectivity index (χ0n) is 14.9. The van der Waals surface area contributed by atoms with E-state index in [0.29, 0.717) is 24.0 Å². The molecule has 0 aromatic carbocycles. The molecule has 1 atom stereocenters. The summed E-state index contributed by atoms with van der Waals surface area (Å²) < 4.78 is 5.45. The van der Waals surface area contributed by atoms with Crippen molar-refractivity contribution in [3.05, 3.63) is 0 Å². The van der Waals surface area contributed by atoms with E-state index in [2.05, 4.69) is 26.1 Å². The van der Waals surface area contributed by atoms with Crippen molar-refractivity contribution in [2.45, 2.75) is 91.0 Å². The van der Waals surface area contributed by atoms with Crippen LogP contribution in [0.3, 0.4) is 0 Å². The standard InChI is InChI=1S/C17H34N2O2/c1-12(2)13(3)18-14-8-10-15(11-9-14)19(7)16(20)21-17(4,5)6/h12-15,18H,8-11H2,1-7H3. The van der Waals surface area contributed by atoms with Gasteiger partial charge in [0.05, 0.1) is 0 Å². The summed E-state index contributed by atoms with van der Waals surface area (Å²) in [4.78, 5) is 13.9. The number of hydrogen-bond acceptors (Lipinski definition) is 3. The number of carbonyl (C=O) groups excluding carboxylic acids is 1. The van der Waals surface area contributed by atoms with Crippen LogP contribution in [0.1, 0.15) is 67.2 Å². The highest BCUT2D eigenvalue weighted by Gasteiger charge is 2.29. The van der Waals surface area contributed by atoms with Crippen LogP contribution in [0.4, 0.5) is 4.79 Å². The largest absolute Gasteiger partial charge is 0.444 e. The van der Waals surface area contributed by atoms with Crippen LogP contribution in [0.25, 0.3) is 0 Å². The summed E-state index contributed by atoms with van der Waals surface area (Å²) in [6.45, 7) is 12.5. The molecule has 1 aliphatic carbocycles. The van der Waals surface area contributed by atoms with Gasteiger partial charge in [-0.1, -0.05) is 13.8 Å². The molecule has 1 unspecified atom stereocenters. The first kappa shape index (κ1) is 18.3. The Morgan fingerprint density at radius 1 is 1.14 bits per heavy atom. The van der Waals surface area contributed by atoms with Crippen LogP contribution >= 0.6 is 0 Å². The average Bonchev–Trinajstić information content (AvgIpc) is 2.36. The molecule has 1 rings (SSSR count). The van der Waals surface area contributed by atoms with E-state index in [1.165, 1.54) is 0 Å². The molecule has 0 radical (unpaired) electrons. The quantitative estimate of drug-likeness (QED) is 0.858. The summed E-state index contributed by atoms with van der Waals surface area (Å²) in [5.41, 5.74) is -0.420. The minimum atomic E-state index is -0.420. The third kappa shape index (κ3) is 6.25. The van der Waals surface area contributed by atoms with Gasteiger partial charge in [0.2, 0.25) is 0 Å². The van der Waals surface area contributed by atoms with Crippen LogP contribution < -0.4 is 5.32 Å². The number of amides is 1. The van der Waals surface area contributed by atoms with E-state index in [1.54, 1.807) is 4.90 Å². The number of rotatable bonds is 4. The Balaban J connectivity index is 2.40. The predicted octanol–water partition coefficient (Wildman–Crippen LogP) is 3.80. The summed E-state index contributed by atoms with van der Waals surface area (Å²) in [7, 11) is 1.86. The van der Waals surface area contributed by atoms with Gasteiger partial charge in [-0.3, -0.25) is 0 Å². The second-order valence-electron chi connectivity index (χ2n) is 7.80. The van der Waals surface area contributed by atoms with Gasteiger partial charge in [-0.05, 0) is 59.3 Å². The number of carbonyl (C=O) groups is 1. The molecule has 1 saturated carbocycles. The van der Waals surface area contributed by atoms with Crippen molar-refractivity contribution < 1.29 is 9.53 Å². The lowest BCUT2D eigenvalue weighted by molar-refractivity contribution is 0.0177. The molecule has 4 nitrogen and oxygen atoms in total. The molecule has 21 heavy (non-hydrogen) atoms. The molecule has 124 valence electrons. The molecule has 1 aliphatic rings. The Morgan fingerprint density at radius 3 is 2.10 bits per heavy atom. The molecule has 1 fully saturated rings. The predicted molar refractivity (Wildman–Crippen MR) is 87.5 cm³/mol. The summed E-state index contributed by atoms with van der Waals surface area (Å²) in [5, 5.41) is 3.71. The summed E-state index contributed by atoms with van der Waals surface area (Å²) in [5.74, 6) is 0.659. The highest BCUT2D eigenvalue weighted by molar-refractivity contribution is 5.68. The molecular formula is C17H34N2O2. The van der Waals surface area contributed by atoms with E-state index >= 15 is 0 Å². The van der Waals surface area contributed by atoms with Crippen LogP contribution in [0.2, 0.25) is 0 Å². The Hall–Kier alpha value is -0.770. The van der Waals surface area contributed by atoms with Gasteiger partial charge in [-0.15, -0.1) is 0 Å². The lowest BCUT2D eigenvalue weighted by atomic mass is 9.89. The van der Waals surface area contributed by atoms with Crippen LogP contribution in [0.15, 0.2) is 0 Å². The van der Waals surface area contributed by atoms with Crippen molar-refractivity contribution in [3.8, 4) is 0 Å². The first-order valence-corrected chi connectivity index (χ1v) is 8.32. The minimum absolute atomic E-state index is 0.200. The molecular weight excluding hydrogens is 264 g/mol. The van der Waals surface area contributed by atoms with Gasteiger partial charge in [0.1, 0.15) is 5.60 Å². The van der Waals surface area contributed by atoms with E-state index in [-0.39, 0.29) is 6.09 Å². The van der Waals surface area contributed by atoms with Crippen molar-refractivity contribution >= 4 is 6.09 Å². The Morgan fingerprint density at radius 2 is 1.67 bits per heavy atom. The molecule has 1 N–H and O–H groups in total. The number of ether oxygens (including phenoxy) is 1. The summed E-state index contributed by atoms with van der Waals surface area (Å²) in [6, 6.07) is 1.45. The Bertz CT molecular complexity index is 328. The second-order valence-corrected chi connectivity index (χ2v) is 7.80. The van der Waals surface area contributed by atoms with E-state index in [1.807, 2.05) is 27.8 Å². The van der Waals surface area contributed by atoms with Crippen LogP contribution in [0, 0.1) is 5.92 Å². The first-order chi connectivity index (χ1) is 9.60. The van der Waals surface area contributed by atoms with E-state index in [4.69, 9.17) is 4.74 Å². The molecule has 0 aromatic heterocycles. The summed E-state index contributed by atoms with van der Waals surface area (Å²) in [6.07, 6.45) is 4.18. The molecule has 0 heterocycles. The molecule has 1 amide bonds. The SMILES string of the molecule is CC(C)C(C)NC1CCC(N(C)C(=O)OC(C)(C)C)CC1. The highest BCUT2D eigenvalue weighted by Crippen LogP contribution is 2.24. The van der Waals surface area contributed by atoms with E-state index in [9.17, 15) is 4.79 Å². The van der Waals surface area contributed by atoms with E-state index in [0.717, 1.165) is 25.7 Å². The van der Waals surface area contributed by atoms with Gasteiger partial charge < -0.3 is 15.0 Å². The third-order valence-corrected chi connectivity index (χ3v) is 4.42. The number of hydrogen-bond donors (Lipinski definition) is 1. The van der Waals surface area contributed by atoms with Crippen molar-refractivity contribution in [1.82, 2.24) is 10.2 Å². The topological polar surface area (TPSA) is 41.6 Å². The maximum absolute atomic E-state index is 12.1. The van der Waals surface area contributed by atoms with Gasteiger partial charge >= 0.3 is 6.09 Å². The van der Waals surface area contributed by atoms with Crippen molar-refractivity contribution in [3.63, 3.8) is 0 Å². The van der Waals surface area contributed by atoms with Crippen molar-refractivity contribution in [2.75, 3.05) is 7.05 Å². The monoisotopic (exact) mass is 298 g/mol. The molecule has 0 saturated heterocycles. The lowest BCUT2D eigenvalue weighted by Gasteiger charge is -2.37. The maximum atomic E-state index is 12.1. The fourth-order valence-electron chi connectivity index (χ4n) is 2.68. The van der Waals surface area contributed by atoms with Crippen LogP contribution in [-0.4, -0.2) is 41.8 Å². The molecule has 0 aromatic rings. The zero-order valence-corrected chi connectivity index (χ0v) is 14.9. The fourth-order valence-corrected chi connectivity index (χ4v) is 2.68. The molecule has 0 spiro atoms. The Labute approximate surface area is 130 Å².